The maximum Gasteiger partial charge on any atom is 0.303 e. The van der Waals surface area contributed by atoms with Gasteiger partial charge >= 0.3 is 5.97 Å². The number of carbonyl (C=O) groups excluding carboxylic acids is 1. The molecule has 21 heavy (non-hydrogen) atoms. The van der Waals surface area contributed by atoms with E-state index in [4.69, 9.17) is 5.11 Å². The molecule has 2 N–H and O–H groups in total. The molecule has 0 aliphatic carbocycles. The van der Waals surface area contributed by atoms with Crippen molar-refractivity contribution in [2.24, 2.45) is 0 Å². The average Bonchev–Trinajstić information content (AvgIpc) is 2.44. The number of amides is 1. The standard InChI is InChI=1S/C13H17N3O5/c1-15(8-4-7-13(18)19)12(17)9-14-10-5-2-3-6-11(10)16(20)21/h2-3,5-6,14H,4,7-9H2,1H3,(H,18,19). The zero-order valence-corrected chi connectivity index (χ0v) is 11.6. The van der Waals surface area contributed by atoms with E-state index in [2.05, 4.69) is 5.32 Å². The lowest BCUT2D eigenvalue weighted by Gasteiger charge is -2.17. The van der Waals surface area contributed by atoms with Crippen LogP contribution in [0.25, 0.3) is 0 Å². The lowest BCUT2D eigenvalue weighted by atomic mass is 10.2. The summed E-state index contributed by atoms with van der Waals surface area (Å²) in [6.45, 7) is 0.234. The highest BCUT2D eigenvalue weighted by molar-refractivity contribution is 5.81. The molecule has 0 unspecified atom stereocenters. The molecule has 0 heterocycles. The summed E-state index contributed by atoms with van der Waals surface area (Å²) in [6, 6.07) is 6.05. The van der Waals surface area contributed by atoms with E-state index in [1.165, 1.54) is 17.0 Å². The largest absolute Gasteiger partial charge is 0.481 e. The highest BCUT2D eigenvalue weighted by Crippen LogP contribution is 2.22. The lowest BCUT2D eigenvalue weighted by molar-refractivity contribution is -0.383. The Morgan fingerprint density at radius 3 is 2.67 bits per heavy atom. The van der Waals surface area contributed by atoms with Gasteiger partial charge in [0.15, 0.2) is 0 Å². The number of carboxylic acid groups (broad SMARTS) is 1. The molecule has 0 radical (unpaired) electrons. The molecule has 8 heteroatoms. The Kier molecular flexibility index (Phi) is 6.12. The fraction of sp³-hybridized carbons (Fsp3) is 0.385. The molecule has 0 spiro atoms. The number of hydrogen-bond acceptors (Lipinski definition) is 5. The third-order valence-electron chi connectivity index (χ3n) is 2.84. The minimum absolute atomic E-state index is 0.00476. The van der Waals surface area contributed by atoms with Gasteiger partial charge in [-0.15, -0.1) is 0 Å². The van der Waals surface area contributed by atoms with Gasteiger partial charge in [-0.1, -0.05) is 12.1 Å². The topological polar surface area (TPSA) is 113 Å². The molecule has 0 aliphatic rings. The number of likely N-dealkylation sites (N-methyl/N-ethyl adjacent to an activating group) is 1. The first-order valence-electron chi connectivity index (χ1n) is 6.35. The van der Waals surface area contributed by atoms with E-state index in [0.717, 1.165) is 0 Å². The van der Waals surface area contributed by atoms with E-state index in [9.17, 15) is 19.7 Å². The lowest BCUT2D eigenvalue weighted by Crippen LogP contribution is -2.33. The zero-order valence-electron chi connectivity index (χ0n) is 11.6. The second-order valence-electron chi connectivity index (χ2n) is 4.44. The van der Waals surface area contributed by atoms with E-state index >= 15 is 0 Å². The van der Waals surface area contributed by atoms with Crippen LogP contribution in [0.2, 0.25) is 0 Å². The number of nitrogens with one attached hydrogen (secondary N) is 1. The molecule has 1 rings (SSSR count). The van der Waals surface area contributed by atoms with Crippen molar-refractivity contribution in [2.45, 2.75) is 12.8 Å². The van der Waals surface area contributed by atoms with Crippen LogP contribution in [-0.2, 0) is 9.59 Å². The summed E-state index contributed by atoms with van der Waals surface area (Å²) in [6.07, 6.45) is 0.359. The summed E-state index contributed by atoms with van der Waals surface area (Å²) >= 11 is 0. The van der Waals surface area contributed by atoms with Crippen LogP contribution in [0.15, 0.2) is 24.3 Å². The fourth-order valence-electron chi connectivity index (χ4n) is 1.68. The molecule has 0 saturated heterocycles. The maximum absolute atomic E-state index is 11.8. The first kappa shape index (κ1) is 16.4. The molecule has 0 saturated carbocycles. The van der Waals surface area contributed by atoms with E-state index in [0.29, 0.717) is 13.0 Å². The molecule has 0 fully saturated rings. The number of carboxylic acids is 1. The van der Waals surface area contributed by atoms with Gasteiger partial charge in [-0.25, -0.2) is 0 Å². The quantitative estimate of drug-likeness (QED) is 0.552. The van der Waals surface area contributed by atoms with E-state index < -0.39 is 10.9 Å². The van der Waals surface area contributed by atoms with Crippen molar-refractivity contribution >= 4 is 23.3 Å². The summed E-state index contributed by atoms with van der Waals surface area (Å²) < 4.78 is 0. The number of rotatable bonds is 8. The van der Waals surface area contributed by atoms with Crippen LogP contribution in [0, 0.1) is 10.1 Å². The molecule has 0 bridgehead atoms. The van der Waals surface area contributed by atoms with E-state index in [1.54, 1.807) is 19.2 Å². The van der Waals surface area contributed by atoms with Gasteiger partial charge in [0.2, 0.25) is 5.91 Å². The van der Waals surface area contributed by atoms with Gasteiger partial charge in [-0.2, -0.15) is 0 Å². The van der Waals surface area contributed by atoms with Gasteiger partial charge in [-0.3, -0.25) is 19.7 Å². The van der Waals surface area contributed by atoms with Gasteiger partial charge in [0.1, 0.15) is 5.69 Å². The second kappa shape index (κ2) is 7.83. The average molecular weight is 295 g/mol. The third kappa shape index (κ3) is 5.47. The molecule has 0 aromatic heterocycles. The summed E-state index contributed by atoms with van der Waals surface area (Å²) in [5.74, 6) is -1.17. The van der Waals surface area contributed by atoms with Gasteiger partial charge in [0.25, 0.3) is 5.69 Å². The summed E-state index contributed by atoms with van der Waals surface area (Å²) in [4.78, 5) is 33.9. The van der Waals surface area contributed by atoms with Gasteiger partial charge in [0.05, 0.1) is 11.5 Å². The van der Waals surface area contributed by atoms with Crippen molar-refractivity contribution in [3.63, 3.8) is 0 Å². The molecule has 1 amide bonds. The number of nitro benzene ring substituents is 1. The maximum atomic E-state index is 11.8. The first-order valence-corrected chi connectivity index (χ1v) is 6.35. The van der Waals surface area contributed by atoms with E-state index in [1.807, 2.05) is 0 Å². The predicted molar refractivity (Wildman–Crippen MR) is 76.1 cm³/mol. The van der Waals surface area contributed by atoms with Crippen LogP contribution in [-0.4, -0.2) is 46.9 Å². The van der Waals surface area contributed by atoms with Crippen LogP contribution in [0.5, 0.6) is 0 Å². The molecular formula is C13H17N3O5. The summed E-state index contributed by atoms with van der Waals surface area (Å²) in [5, 5.41) is 22.1. The Hall–Kier alpha value is -2.64. The van der Waals surface area contributed by atoms with Crippen molar-refractivity contribution in [2.75, 3.05) is 25.5 Å². The fourth-order valence-corrected chi connectivity index (χ4v) is 1.68. The van der Waals surface area contributed by atoms with Crippen molar-refractivity contribution in [1.82, 2.24) is 4.90 Å². The Morgan fingerprint density at radius 1 is 1.38 bits per heavy atom. The number of aliphatic carboxylic acids is 1. The van der Waals surface area contributed by atoms with Gasteiger partial charge < -0.3 is 15.3 Å². The normalized spacial score (nSPS) is 9.95. The van der Waals surface area contributed by atoms with Crippen LogP contribution in [0.3, 0.4) is 0 Å². The Morgan fingerprint density at radius 2 is 2.05 bits per heavy atom. The molecule has 0 aliphatic heterocycles. The van der Waals surface area contributed by atoms with Crippen molar-refractivity contribution in [3.05, 3.63) is 34.4 Å². The number of benzene rings is 1. The Bertz CT molecular complexity index is 532. The number of hydrogen-bond donors (Lipinski definition) is 2. The second-order valence-corrected chi connectivity index (χ2v) is 4.44. The smallest absolute Gasteiger partial charge is 0.303 e. The third-order valence-corrected chi connectivity index (χ3v) is 2.84. The zero-order chi connectivity index (χ0) is 15.8. The van der Waals surface area contributed by atoms with Crippen LogP contribution in [0.1, 0.15) is 12.8 Å². The molecular weight excluding hydrogens is 278 g/mol. The highest BCUT2D eigenvalue weighted by Gasteiger charge is 2.14. The number of carbonyl (C=O) groups is 2. The van der Waals surface area contributed by atoms with Gasteiger partial charge in [-0.05, 0) is 12.5 Å². The SMILES string of the molecule is CN(CCCC(=O)O)C(=O)CNc1ccccc1[N+](=O)[O-]. The number of nitro groups is 1. The Labute approximate surface area is 121 Å². The summed E-state index contributed by atoms with van der Waals surface area (Å²) in [7, 11) is 1.56. The molecule has 0 atom stereocenters. The van der Waals surface area contributed by atoms with Crippen molar-refractivity contribution < 1.29 is 19.6 Å². The molecule has 114 valence electrons. The van der Waals surface area contributed by atoms with Crippen LogP contribution in [0.4, 0.5) is 11.4 Å². The van der Waals surface area contributed by atoms with Crippen LogP contribution < -0.4 is 5.32 Å². The molecule has 1 aromatic carbocycles. The van der Waals surface area contributed by atoms with Gasteiger partial charge in [0, 0.05) is 26.1 Å². The molecule has 8 nitrogen and oxygen atoms in total. The summed E-state index contributed by atoms with van der Waals surface area (Å²) in [5.41, 5.74) is 0.175. The predicted octanol–water partition coefficient (Wildman–Crippen LogP) is 1.33. The molecule has 1 aromatic rings. The number of anilines is 1. The van der Waals surface area contributed by atoms with Crippen molar-refractivity contribution in [1.29, 1.82) is 0 Å². The Balaban J connectivity index is 2.49. The van der Waals surface area contributed by atoms with Crippen LogP contribution >= 0.6 is 0 Å². The number of nitrogens with zero attached hydrogens (tertiary/aromatic N) is 2. The van der Waals surface area contributed by atoms with E-state index in [-0.39, 0.29) is 30.2 Å². The minimum Gasteiger partial charge on any atom is -0.481 e. The minimum atomic E-state index is -0.908. The monoisotopic (exact) mass is 295 g/mol. The number of para-hydroxylation sites is 2. The van der Waals surface area contributed by atoms with Crippen molar-refractivity contribution in [3.8, 4) is 0 Å². The first-order chi connectivity index (χ1) is 9.91. The highest BCUT2D eigenvalue weighted by atomic mass is 16.6.